The summed E-state index contributed by atoms with van der Waals surface area (Å²) in [7, 11) is 0. The van der Waals surface area contributed by atoms with Crippen molar-refractivity contribution in [1.82, 2.24) is 0 Å². The lowest BCUT2D eigenvalue weighted by Gasteiger charge is -2.22. The van der Waals surface area contributed by atoms with Gasteiger partial charge >= 0.3 is 0 Å². The Morgan fingerprint density at radius 1 is 1.47 bits per heavy atom. The summed E-state index contributed by atoms with van der Waals surface area (Å²) in [5, 5.41) is 0. The van der Waals surface area contributed by atoms with Gasteiger partial charge in [0.15, 0.2) is 5.79 Å². The number of hydrogen-bond acceptors (Lipinski definition) is 4. The average molecular weight is 214 g/mol. The molecule has 1 aliphatic rings. The molecule has 4 heteroatoms. The first kappa shape index (κ1) is 12.3. The van der Waals surface area contributed by atoms with E-state index in [1.165, 1.54) is 0 Å². The van der Waals surface area contributed by atoms with Crippen LogP contribution in [0.4, 0.5) is 0 Å². The van der Waals surface area contributed by atoms with Crippen LogP contribution in [0.1, 0.15) is 40.0 Å². The summed E-state index contributed by atoms with van der Waals surface area (Å²) in [5.41, 5.74) is 0. The molecule has 0 aromatic rings. The van der Waals surface area contributed by atoms with Crippen molar-refractivity contribution in [1.29, 1.82) is 0 Å². The van der Waals surface area contributed by atoms with Crippen LogP contribution in [-0.2, 0) is 19.1 Å². The third-order valence-electron chi connectivity index (χ3n) is 2.59. The lowest BCUT2D eigenvalue weighted by Crippen LogP contribution is -2.30. The molecule has 1 rings (SSSR count). The van der Waals surface area contributed by atoms with Crippen LogP contribution in [0.2, 0.25) is 0 Å². The molecular formula is C11H18O4. The summed E-state index contributed by atoms with van der Waals surface area (Å²) in [6.45, 7) is 5.70. The molecule has 0 spiro atoms. The molecule has 0 bridgehead atoms. The number of hydrogen-bond donors (Lipinski definition) is 0. The molecule has 15 heavy (non-hydrogen) atoms. The Morgan fingerprint density at radius 2 is 2.13 bits per heavy atom. The molecule has 1 saturated heterocycles. The van der Waals surface area contributed by atoms with Gasteiger partial charge in [-0.3, -0.25) is 4.79 Å². The lowest BCUT2D eigenvalue weighted by atomic mass is 10.1. The van der Waals surface area contributed by atoms with Crippen molar-refractivity contribution in [2.24, 2.45) is 0 Å². The van der Waals surface area contributed by atoms with Gasteiger partial charge in [0, 0.05) is 0 Å². The van der Waals surface area contributed by atoms with Gasteiger partial charge in [0.25, 0.3) is 0 Å². The summed E-state index contributed by atoms with van der Waals surface area (Å²) in [4.78, 5) is 21.5. The molecule has 1 aliphatic heterocycles. The Kier molecular flexibility index (Phi) is 3.99. The molecule has 3 atom stereocenters. The highest BCUT2D eigenvalue weighted by molar-refractivity contribution is 5.90. The standard InChI is InChI=1S/C11H18O4/c1-4-10-8(2)14-11(3,15-10)7-9(13)5-6-12/h6,8,10H,4-5,7H2,1-3H3. The maximum Gasteiger partial charge on any atom is 0.173 e. The molecule has 1 fully saturated rings. The SMILES string of the molecule is CCC1OC(C)(CC(=O)CC=O)OC1C. The molecule has 0 radical (unpaired) electrons. The lowest BCUT2D eigenvalue weighted by molar-refractivity contribution is -0.170. The number of rotatable bonds is 5. The molecule has 0 amide bonds. The van der Waals surface area contributed by atoms with E-state index in [-0.39, 0.29) is 30.8 Å². The first-order chi connectivity index (χ1) is 7.00. The molecule has 86 valence electrons. The van der Waals surface area contributed by atoms with E-state index < -0.39 is 5.79 Å². The molecule has 0 N–H and O–H groups in total. The number of aldehydes is 1. The van der Waals surface area contributed by atoms with Crippen molar-refractivity contribution >= 4 is 12.1 Å². The summed E-state index contributed by atoms with van der Waals surface area (Å²) < 4.78 is 11.3. The van der Waals surface area contributed by atoms with Gasteiger partial charge in [-0.1, -0.05) is 6.92 Å². The molecule has 0 aromatic heterocycles. The van der Waals surface area contributed by atoms with E-state index >= 15 is 0 Å². The van der Waals surface area contributed by atoms with E-state index in [1.807, 2.05) is 13.8 Å². The van der Waals surface area contributed by atoms with Gasteiger partial charge in [0.05, 0.1) is 25.0 Å². The Morgan fingerprint density at radius 3 is 2.60 bits per heavy atom. The summed E-state index contributed by atoms with van der Waals surface area (Å²) in [6, 6.07) is 0. The third-order valence-corrected chi connectivity index (χ3v) is 2.59. The molecule has 3 unspecified atom stereocenters. The van der Waals surface area contributed by atoms with Crippen molar-refractivity contribution in [2.45, 2.75) is 58.0 Å². The zero-order valence-electron chi connectivity index (χ0n) is 9.49. The highest BCUT2D eigenvalue weighted by atomic mass is 16.8. The van der Waals surface area contributed by atoms with Crippen LogP contribution in [-0.4, -0.2) is 30.1 Å². The predicted molar refractivity (Wildman–Crippen MR) is 54.4 cm³/mol. The van der Waals surface area contributed by atoms with E-state index in [2.05, 4.69) is 0 Å². The Labute approximate surface area is 89.9 Å². The zero-order chi connectivity index (χ0) is 11.5. The van der Waals surface area contributed by atoms with E-state index in [4.69, 9.17) is 9.47 Å². The van der Waals surface area contributed by atoms with E-state index in [1.54, 1.807) is 6.92 Å². The van der Waals surface area contributed by atoms with Crippen LogP contribution in [0.5, 0.6) is 0 Å². The van der Waals surface area contributed by atoms with Crippen molar-refractivity contribution in [2.75, 3.05) is 0 Å². The fraction of sp³-hybridized carbons (Fsp3) is 0.818. The summed E-state index contributed by atoms with van der Waals surface area (Å²) in [5.74, 6) is -0.989. The number of ketones is 1. The average Bonchev–Trinajstić information content (AvgIpc) is 2.41. The Bertz CT molecular complexity index is 251. The molecule has 0 aromatic carbocycles. The van der Waals surface area contributed by atoms with Crippen LogP contribution in [0.3, 0.4) is 0 Å². The second-order valence-electron chi connectivity index (χ2n) is 4.11. The second kappa shape index (κ2) is 4.86. The molecule has 0 aliphatic carbocycles. The minimum atomic E-state index is -0.847. The Balaban J connectivity index is 2.54. The van der Waals surface area contributed by atoms with E-state index in [0.29, 0.717) is 6.29 Å². The van der Waals surface area contributed by atoms with Gasteiger partial charge < -0.3 is 14.3 Å². The largest absolute Gasteiger partial charge is 0.344 e. The van der Waals surface area contributed by atoms with Gasteiger partial charge in [0.2, 0.25) is 0 Å². The van der Waals surface area contributed by atoms with Gasteiger partial charge in [-0.05, 0) is 20.3 Å². The van der Waals surface area contributed by atoms with Crippen molar-refractivity contribution in [3.63, 3.8) is 0 Å². The van der Waals surface area contributed by atoms with Gasteiger partial charge in [-0.25, -0.2) is 0 Å². The van der Waals surface area contributed by atoms with Crippen molar-refractivity contribution < 1.29 is 19.1 Å². The molecule has 1 heterocycles. The predicted octanol–water partition coefficient (Wildman–Crippen LogP) is 1.46. The minimum Gasteiger partial charge on any atom is -0.344 e. The first-order valence-corrected chi connectivity index (χ1v) is 5.31. The van der Waals surface area contributed by atoms with Gasteiger partial charge in [-0.15, -0.1) is 0 Å². The molecule has 0 saturated carbocycles. The smallest absolute Gasteiger partial charge is 0.173 e. The highest BCUT2D eigenvalue weighted by Gasteiger charge is 2.42. The van der Waals surface area contributed by atoms with E-state index in [9.17, 15) is 9.59 Å². The fourth-order valence-electron chi connectivity index (χ4n) is 1.93. The number of Topliss-reactive ketones (excluding diaryl/α,β-unsaturated/α-hetero) is 1. The van der Waals surface area contributed by atoms with Crippen LogP contribution >= 0.6 is 0 Å². The second-order valence-corrected chi connectivity index (χ2v) is 4.11. The Hall–Kier alpha value is -0.740. The summed E-state index contributed by atoms with van der Waals surface area (Å²) in [6.07, 6.45) is 1.60. The third kappa shape index (κ3) is 3.11. The molecular weight excluding hydrogens is 196 g/mol. The number of ether oxygens (including phenoxy) is 2. The quantitative estimate of drug-likeness (QED) is 0.513. The topological polar surface area (TPSA) is 52.6 Å². The number of carbonyl (C=O) groups excluding carboxylic acids is 2. The van der Waals surface area contributed by atoms with Crippen LogP contribution in [0.15, 0.2) is 0 Å². The zero-order valence-corrected chi connectivity index (χ0v) is 9.49. The van der Waals surface area contributed by atoms with Crippen molar-refractivity contribution in [3.8, 4) is 0 Å². The van der Waals surface area contributed by atoms with Gasteiger partial charge in [-0.2, -0.15) is 0 Å². The first-order valence-electron chi connectivity index (χ1n) is 5.31. The van der Waals surface area contributed by atoms with Crippen LogP contribution in [0.25, 0.3) is 0 Å². The molecule has 4 nitrogen and oxygen atoms in total. The van der Waals surface area contributed by atoms with E-state index in [0.717, 1.165) is 6.42 Å². The minimum absolute atomic E-state index is 0.00373. The number of carbonyl (C=O) groups is 2. The maximum absolute atomic E-state index is 11.3. The summed E-state index contributed by atoms with van der Waals surface area (Å²) >= 11 is 0. The fourth-order valence-corrected chi connectivity index (χ4v) is 1.93. The normalized spacial score (nSPS) is 35.4. The maximum atomic E-state index is 11.3. The highest BCUT2D eigenvalue weighted by Crippen LogP contribution is 2.32. The van der Waals surface area contributed by atoms with Crippen LogP contribution < -0.4 is 0 Å². The van der Waals surface area contributed by atoms with Gasteiger partial charge in [0.1, 0.15) is 12.1 Å². The van der Waals surface area contributed by atoms with Crippen molar-refractivity contribution in [3.05, 3.63) is 0 Å². The monoisotopic (exact) mass is 214 g/mol. The van der Waals surface area contributed by atoms with Crippen LogP contribution in [0, 0.1) is 0 Å².